The second-order valence-corrected chi connectivity index (χ2v) is 5.93. The molecule has 3 aromatic rings. The zero-order valence-corrected chi connectivity index (χ0v) is 12.5. The van der Waals surface area contributed by atoms with E-state index >= 15 is 0 Å². The van der Waals surface area contributed by atoms with Gasteiger partial charge in [0, 0.05) is 30.1 Å². The Kier molecular flexibility index (Phi) is 3.19. The summed E-state index contributed by atoms with van der Waals surface area (Å²) in [7, 11) is 0. The van der Waals surface area contributed by atoms with E-state index in [4.69, 9.17) is 0 Å². The van der Waals surface area contributed by atoms with Crippen LogP contribution in [0.5, 0.6) is 0 Å². The first-order valence-electron chi connectivity index (χ1n) is 6.76. The van der Waals surface area contributed by atoms with Crippen LogP contribution in [-0.4, -0.2) is 24.8 Å². The van der Waals surface area contributed by atoms with Crippen LogP contribution >= 0.6 is 11.8 Å². The summed E-state index contributed by atoms with van der Waals surface area (Å²) in [5.41, 5.74) is 5.24. The molecule has 1 aliphatic heterocycles. The molecule has 2 aromatic heterocycles. The summed E-state index contributed by atoms with van der Waals surface area (Å²) < 4.78 is 1.83. The lowest BCUT2D eigenvalue weighted by Crippen LogP contribution is -2.13. The van der Waals surface area contributed by atoms with Gasteiger partial charge < -0.3 is 5.43 Å². The van der Waals surface area contributed by atoms with Crippen molar-refractivity contribution in [2.75, 3.05) is 5.43 Å². The molecule has 4 rings (SSSR count). The second kappa shape index (κ2) is 5.36. The molecule has 0 saturated carbocycles. The lowest BCUT2D eigenvalue weighted by Gasteiger charge is -2.11. The highest BCUT2D eigenvalue weighted by Crippen LogP contribution is 2.40. The standard InChI is InChI=1S/C14H10N6O2S/c21-20(22)11-3-1-10(2-4-11)13-18-19-12(16-17-14(19)23-13)9-5-7-15-8-6-9/h1-8,13,18H. The van der Waals surface area contributed by atoms with E-state index in [1.54, 1.807) is 24.5 Å². The Bertz CT molecular complexity index is 865. The zero-order chi connectivity index (χ0) is 15.8. The number of non-ortho nitro benzene ring substituents is 1. The average molecular weight is 326 g/mol. The molecule has 1 aliphatic rings. The number of benzene rings is 1. The Morgan fingerprint density at radius 3 is 2.57 bits per heavy atom. The Morgan fingerprint density at radius 1 is 1.13 bits per heavy atom. The van der Waals surface area contributed by atoms with Gasteiger partial charge in [-0.1, -0.05) is 11.8 Å². The van der Waals surface area contributed by atoms with E-state index < -0.39 is 4.92 Å². The van der Waals surface area contributed by atoms with Crippen molar-refractivity contribution in [3.8, 4) is 11.4 Å². The van der Waals surface area contributed by atoms with Crippen LogP contribution < -0.4 is 5.43 Å². The molecular weight excluding hydrogens is 316 g/mol. The molecule has 0 spiro atoms. The summed E-state index contributed by atoms with van der Waals surface area (Å²) in [6.45, 7) is 0. The van der Waals surface area contributed by atoms with E-state index in [-0.39, 0.29) is 11.1 Å². The van der Waals surface area contributed by atoms with Gasteiger partial charge in [0.1, 0.15) is 5.37 Å². The van der Waals surface area contributed by atoms with E-state index in [9.17, 15) is 10.1 Å². The van der Waals surface area contributed by atoms with E-state index in [0.717, 1.165) is 16.3 Å². The minimum absolute atomic E-state index is 0.0677. The molecule has 0 aliphatic carbocycles. The van der Waals surface area contributed by atoms with Crippen LogP contribution in [0.3, 0.4) is 0 Å². The van der Waals surface area contributed by atoms with Gasteiger partial charge >= 0.3 is 0 Å². The molecule has 1 N–H and O–H groups in total. The van der Waals surface area contributed by atoms with Crippen LogP contribution in [0.2, 0.25) is 0 Å². The van der Waals surface area contributed by atoms with Crippen LogP contribution in [0, 0.1) is 10.1 Å². The Morgan fingerprint density at radius 2 is 1.87 bits per heavy atom. The maximum atomic E-state index is 10.7. The Balaban J connectivity index is 1.61. The fourth-order valence-electron chi connectivity index (χ4n) is 2.31. The average Bonchev–Trinajstić information content (AvgIpc) is 3.16. The fourth-order valence-corrected chi connectivity index (χ4v) is 3.31. The van der Waals surface area contributed by atoms with E-state index in [1.807, 2.05) is 16.8 Å². The molecular formula is C14H10N6O2S. The van der Waals surface area contributed by atoms with Gasteiger partial charge in [-0.2, -0.15) is 0 Å². The monoisotopic (exact) mass is 326 g/mol. The number of nitro groups is 1. The van der Waals surface area contributed by atoms with Gasteiger partial charge in [-0.3, -0.25) is 15.1 Å². The number of nitrogens with one attached hydrogen (secondary N) is 1. The number of aromatic nitrogens is 4. The molecule has 1 atom stereocenters. The molecule has 0 fully saturated rings. The zero-order valence-electron chi connectivity index (χ0n) is 11.7. The lowest BCUT2D eigenvalue weighted by molar-refractivity contribution is -0.384. The summed E-state index contributed by atoms with van der Waals surface area (Å²) in [6.07, 6.45) is 3.40. The smallest absolute Gasteiger partial charge is 0.269 e. The van der Waals surface area contributed by atoms with Crippen molar-refractivity contribution in [3.05, 3.63) is 64.5 Å². The number of rotatable bonds is 3. The minimum atomic E-state index is -0.407. The maximum Gasteiger partial charge on any atom is 0.269 e. The molecule has 1 aromatic carbocycles. The predicted octanol–water partition coefficient (Wildman–Crippen LogP) is 2.60. The molecule has 0 radical (unpaired) electrons. The predicted molar refractivity (Wildman–Crippen MR) is 84.3 cm³/mol. The second-order valence-electron chi connectivity index (χ2n) is 4.85. The van der Waals surface area contributed by atoms with Crippen molar-refractivity contribution in [3.63, 3.8) is 0 Å². The summed E-state index contributed by atoms with van der Waals surface area (Å²) >= 11 is 1.51. The molecule has 114 valence electrons. The van der Waals surface area contributed by atoms with Crippen molar-refractivity contribution in [1.82, 2.24) is 19.9 Å². The Hall–Kier alpha value is -2.94. The van der Waals surface area contributed by atoms with Gasteiger partial charge in [0.05, 0.1) is 4.92 Å². The van der Waals surface area contributed by atoms with E-state index in [1.165, 1.54) is 23.9 Å². The normalized spacial score (nSPS) is 15.9. The highest BCUT2D eigenvalue weighted by atomic mass is 32.2. The molecule has 23 heavy (non-hydrogen) atoms. The minimum Gasteiger partial charge on any atom is -0.304 e. The number of nitrogens with zero attached hydrogens (tertiary/aromatic N) is 5. The van der Waals surface area contributed by atoms with Gasteiger partial charge in [0.2, 0.25) is 5.16 Å². The van der Waals surface area contributed by atoms with Gasteiger partial charge in [-0.15, -0.1) is 10.2 Å². The summed E-state index contributed by atoms with van der Waals surface area (Å²) in [5, 5.41) is 19.8. The fraction of sp³-hybridized carbons (Fsp3) is 0.0714. The van der Waals surface area contributed by atoms with Crippen molar-refractivity contribution >= 4 is 17.4 Å². The first-order chi connectivity index (χ1) is 11.2. The number of pyridine rings is 1. The van der Waals surface area contributed by atoms with Crippen molar-refractivity contribution in [2.24, 2.45) is 0 Å². The third-order valence-corrected chi connectivity index (χ3v) is 4.54. The van der Waals surface area contributed by atoms with Crippen molar-refractivity contribution in [2.45, 2.75) is 10.5 Å². The van der Waals surface area contributed by atoms with Crippen molar-refractivity contribution in [1.29, 1.82) is 0 Å². The van der Waals surface area contributed by atoms with Crippen LogP contribution in [0.25, 0.3) is 11.4 Å². The van der Waals surface area contributed by atoms with Gasteiger partial charge in [0.25, 0.3) is 5.69 Å². The number of thioether (sulfide) groups is 1. The van der Waals surface area contributed by atoms with Crippen LogP contribution in [0.15, 0.2) is 53.9 Å². The molecule has 3 heterocycles. The summed E-state index contributed by atoms with van der Waals surface area (Å²) in [5.74, 6) is 0.708. The van der Waals surface area contributed by atoms with Gasteiger partial charge in [-0.25, -0.2) is 4.68 Å². The first-order valence-corrected chi connectivity index (χ1v) is 7.64. The highest BCUT2D eigenvalue weighted by molar-refractivity contribution is 7.99. The molecule has 0 bridgehead atoms. The van der Waals surface area contributed by atoms with Crippen LogP contribution in [0.1, 0.15) is 10.9 Å². The number of fused-ring (bicyclic) bond motifs is 1. The maximum absolute atomic E-state index is 10.7. The molecule has 0 amide bonds. The van der Waals surface area contributed by atoms with Gasteiger partial charge in [0.15, 0.2) is 5.82 Å². The van der Waals surface area contributed by atoms with Gasteiger partial charge in [-0.05, 0) is 29.8 Å². The van der Waals surface area contributed by atoms with Crippen LogP contribution in [0.4, 0.5) is 5.69 Å². The topological polar surface area (TPSA) is 98.8 Å². The molecule has 1 unspecified atom stereocenters. The summed E-state index contributed by atoms with van der Waals surface area (Å²) in [6, 6.07) is 10.2. The molecule has 0 saturated heterocycles. The first kappa shape index (κ1) is 13.7. The molecule has 9 heteroatoms. The van der Waals surface area contributed by atoms with E-state index in [2.05, 4.69) is 20.6 Å². The lowest BCUT2D eigenvalue weighted by atomic mass is 10.2. The highest BCUT2D eigenvalue weighted by Gasteiger charge is 2.28. The summed E-state index contributed by atoms with van der Waals surface area (Å²) in [4.78, 5) is 14.3. The third-order valence-electron chi connectivity index (χ3n) is 3.45. The van der Waals surface area contributed by atoms with Crippen LogP contribution in [-0.2, 0) is 0 Å². The SMILES string of the molecule is O=[N+]([O-])c1ccc(C2Nn3c(nnc3-c3ccncc3)S2)cc1. The number of hydrogen-bond acceptors (Lipinski definition) is 7. The largest absolute Gasteiger partial charge is 0.304 e. The number of nitro benzene ring substituents is 1. The third kappa shape index (κ3) is 2.40. The molecule has 8 nitrogen and oxygen atoms in total. The number of hydrogen-bond donors (Lipinski definition) is 1. The van der Waals surface area contributed by atoms with Crippen molar-refractivity contribution < 1.29 is 4.92 Å². The van der Waals surface area contributed by atoms with E-state index in [0.29, 0.717) is 5.82 Å². The quantitative estimate of drug-likeness (QED) is 0.583. The Labute approximate surface area is 134 Å².